The molecule has 200 valence electrons. The van der Waals surface area contributed by atoms with E-state index in [1.165, 1.54) is 29.2 Å². The summed E-state index contributed by atoms with van der Waals surface area (Å²) in [5, 5.41) is 12.5. The van der Waals surface area contributed by atoms with Crippen LogP contribution in [0.25, 0.3) is 10.8 Å². The van der Waals surface area contributed by atoms with Crippen molar-refractivity contribution in [2.45, 2.75) is 38.0 Å². The number of primary amides is 1. The molecule has 0 saturated heterocycles. The van der Waals surface area contributed by atoms with Crippen LogP contribution in [0.5, 0.6) is 0 Å². The molecule has 38 heavy (non-hydrogen) atoms. The summed E-state index contributed by atoms with van der Waals surface area (Å²) < 4.78 is 36.3. The molecular formula is C26H27N3O8S. The number of ether oxygens (including phenoxy) is 1. The van der Waals surface area contributed by atoms with Crippen LogP contribution in [-0.4, -0.2) is 44.1 Å². The van der Waals surface area contributed by atoms with Crippen LogP contribution in [0.2, 0.25) is 0 Å². The van der Waals surface area contributed by atoms with Crippen LogP contribution < -0.4 is 10.6 Å². The second-order valence-corrected chi connectivity index (χ2v) is 11.6. The number of fused-ring (bicyclic) bond motifs is 3. The van der Waals surface area contributed by atoms with Crippen molar-refractivity contribution in [2.75, 3.05) is 18.1 Å². The molecule has 1 heterocycles. The Morgan fingerprint density at radius 2 is 1.79 bits per heavy atom. The van der Waals surface area contributed by atoms with Crippen molar-refractivity contribution in [3.63, 3.8) is 0 Å². The van der Waals surface area contributed by atoms with Crippen molar-refractivity contribution in [1.82, 2.24) is 0 Å². The number of anilines is 1. The molecule has 2 amide bonds. The number of carbonyl (C=O) groups excluding carboxylic acids is 2. The van der Waals surface area contributed by atoms with Crippen LogP contribution in [-0.2, 0) is 24.8 Å². The summed E-state index contributed by atoms with van der Waals surface area (Å²) in [5.74, 6) is -1.76. The maximum absolute atomic E-state index is 13.1. The Morgan fingerprint density at radius 1 is 1.11 bits per heavy atom. The van der Waals surface area contributed by atoms with Gasteiger partial charge in [-0.25, -0.2) is 4.79 Å². The van der Waals surface area contributed by atoms with Gasteiger partial charge >= 0.3 is 6.09 Å². The zero-order valence-electron chi connectivity index (χ0n) is 21.0. The first kappa shape index (κ1) is 27.0. The summed E-state index contributed by atoms with van der Waals surface area (Å²) in [4.78, 5) is 37.4. The molecule has 2 N–H and O–H groups in total. The second kappa shape index (κ2) is 10.0. The number of non-ortho nitro benzene ring substituents is 1. The molecule has 3 aromatic carbocycles. The predicted molar refractivity (Wildman–Crippen MR) is 140 cm³/mol. The quantitative estimate of drug-likeness (QED) is 0.264. The number of nitrogens with zero attached hydrogens (tertiary/aromatic N) is 2. The SMILES string of the molecule is CC(C)(C)OC(=O)N1CC(COS(=O)(=O)Cc2ccccc2)c2c1cc([N+](=O)[O-])c1cc(C(N)=O)ccc21. The molecule has 12 heteroatoms. The smallest absolute Gasteiger partial charge is 0.414 e. The average Bonchev–Trinajstić information content (AvgIpc) is 3.20. The molecule has 0 fully saturated rings. The van der Waals surface area contributed by atoms with Crippen molar-refractivity contribution in [3.8, 4) is 0 Å². The molecule has 3 aromatic rings. The Morgan fingerprint density at radius 3 is 2.39 bits per heavy atom. The van der Waals surface area contributed by atoms with Crippen LogP contribution >= 0.6 is 0 Å². The molecule has 0 radical (unpaired) electrons. The minimum absolute atomic E-state index is 0.0288. The first-order valence-electron chi connectivity index (χ1n) is 11.7. The fraction of sp³-hybridized carbons (Fsp3) is 0.308. The minimum Gasteiger partial charge on any atom is -0.443 e. The largest absolute Gasteiger partial charge is 0.443 e. The zero-order chi connectivity index (χ0) is 27.8. The molecule has 0 bridgehead atoms. The van der Waals surface area contributed by atoms with E-state index in [1.54, 1.807) is 51.1 Å². The third-order valence-corrected chi connectivity index (χ3v) is 7.15. The number of hydrogen-bond donors (Lipinski definition) is 1. The molecule has 0 spiro atoms. The van der Waals surface area contributed by atoms with Gasteiger partial charge in [-0.1, -0.05) is 36.4 Å². The molecule has 11 nitrogen and oxygen atoms in total. The average molecular weight is 542 g/mol. The summed E-state index contributed by atoms with van der Waals surface area (Å²) >= 11 is 0. The first-order chi connectivity index (χ1) is 17.8. The van der Waals surface area contributed by atoms with Gasteiger partial charge in [0, 0.05) is 24.1 Å². The number of amides is 2. The van der Waals surface area contributed by atoms with Crippen molar-refractivity contribution in [3.05, 3.63) is 81.4 Å². The van der Waals surface area contributed by atoms with Gasteiger partial charge in [-0.15, -0.1) is 0 Å². The van der Waals surface area contributed by atoms with Gasteiger partial charge in [0.2, 0.25) is 5.91 Å². The van der Waals surface area contributed by atoms with Crippen molar-refractivity contribution in [2.24, 2.45) is 5.73 Å². The van der Waals surface area contributed by atoms with Crippen LogP contribution in [0.4, 0.5) is 16.2 Å². The molecule has 1 unspecified atom stereocenters. The van der Waals surface area contributed by atoms with Gasteiger partial charge in [-0.05, 0) is 49.4 Å². The highest BCUT2D eigenvalue weighted by Gasteiger charge is 2.39. The van der Waals surface area contributed by atoms with Gasteiger partial charge < -0.3 is 10.5 Å². The highest BCUT2D eigenvalue weighted by molar-refractivity contribution is 7.85. The standard InChI is InChI=1S/C26H27N3O8S/c1-26(2,3)37-25(31)28-13-18(14-36-38(34,35)15-16-7-5-4-6-8-16)23-19-10-9-17(24(27)30)11-20(19)21(29(32)33)12-22(23)28/h4-12,18H,13-15H2,1-3H3,(H2,27,30). The van der Waals surface area contributed by atoms with E-state index in [0.29, 0.717) is 16.5 Å². The fourth-order valence-corrected chi connectivity index (χ4v) is 5.47. The maximum atomic E-state index is 13.1. The Hall–Kier alpha value is -4.03. The molecule has 1 aliphatic heterocycles. The van der Waals surface area contributed by atoms with E-state index >= 15 is 0 Å². The monoisotopic (exact) mass is 541 g/mol. The first-order valence-corrected chi connectivity index (χ1v) is 13.3. The summed E-state index contributed by atoms with van der Waals surface area (Å²) in [7, 11) is -3.99. The van der Waals surface area contributed by atoms with Crippen LogP contribution in [0.3, 0.4) is 0 Å². The van der Waals surface area contributed by atoms with Gasteiger partial charge in [-0.3, -0.25) is 24.0 Å². The number of carbonyl (C=O) groups is 2. The maximum Gasteiger partial charge on any atom is 0.414 e. The lowest BCUT2D eigenvalue weighted by Gasteiger charge is -2.25. The van der Waals surface area contributed by atoms with Crippen molar-refractivity contribution >= 4 is 44.3 Å². The molecule has 0 aliphatic carbocycles. The number of nitro benzene ring substituents is 1. The van der Waals surface area contributed by atoms with E-state index in [1.807, 2.05) is 0 Å². The topological polar surface area (TPSA) is 159 Å². The molecule has 0 saturated carbocycles. The second-order valence-electron chi connectivity index (χ2n) is 9.97. The van der Waals surface area contributed by atoms with Crippen molar-refractivity contribution in [1.29, 1.82) is 0 Å². The van der Waals surface area contributed by atoms with E-state index in [-0.39, 0.29) is 41.2 Å². The minimum atomic E-state index is -3.99. The molecule has 4 rings (SSSR count). The van der Waals surface area contributed by atoms with Crippen LogP contribution in [0, 0.1) is 10.1 Å². The van der Waals surface area contributed by atoms with E-state index in [0.717, 1.165) is 0 Å². The van der Waals surface area contributed by atoms with Gasteiger partial charge in [0.25, 0.3) is 15.8 Å². The summed E-state index contributed by atoms with van der Waals surface area (Å²) in [5.41, 5.74) is 5.51. The lowest BCUT2D eigenvalue weighted by Crippen LogP contribution is -2.36. The van der Waals surface area contributed by atoms with E-state index in [2.05, 4.69) is 0 Å². The fourth-order valence-electron chi connectivity index (χ4n) is 4.41. The van der Waals surface area contributed by atoms with Gasteiger partial charge in [-0.2, -0.15) is 8.42 Å². The third-order valence-electron chi connectivity index (χ3n) is 5.97. The van der Waals surface area contributed by atoms with Crippen LogP contribution in [0.1, 0.15) is 48.2 Å². The molecule has 0 aromatic heterocycles. The number of benzene rings is 3. The van der Waals surface area contributed by atoms with Gasteiger partial charge in [0.1, 0.15) is 11.4 Å². The summed E-state index contributed by atoms with van der Waals surface area (Å²) in [6, 6.07) is 14.0. The molecule has 1 aliphatic rings. The Labute approximate surface area is 219 Å². The van der Waals surface area contributed by atoms with E-state index in [4.69, 9.17) is 14.7 Å². The lowest BCUT2D eigenvalue weighted by atomic mass is 9.93. The third kappa shape index (κ3) is 5.76. The highest BCUT2D eigenvalue weighted by atomic mass is 32.2. The Kier molecular flexibility index (Phi) is 7.13. The number of rotatable bonds is 7. The number of nitro groups is 1. The zero-order valence-corrected chi connectivity index (χ0v) is 21.9. The van der Waals surface area contributed by atoms with E-state index < -0.39 is 38.6 Å². The highest BCUT2D eigenvalue weighted by Crippen LogP contribution is 2.46. The normalized spacial score (nSPS) is 15.3. The number of nitrogens with two attached hydrogens (primary N) is 1. The summed E-state index contributed by atoms with van der Waals surface area (Å²) in [6.45, 7) is 4.72. The molecule has 1 atom stereocenters. The summed E-state index contributed by atoms with van der Waals surface area (Å²) in [6.07, 6.45) is -0.740. The van der Waals surface area contributed by atoms with Crippen LogP contribution in [0.15, 0.2) is 54.6 Å². The van der Waals surface area contributed by atoms with Gasteiger partial charge in [0.15, 0.2) is 0 Å². The van der Waals surface area contributed by atoms with Crippen molar-refractivity contribution < 1.29 is 31.9 Å². The lowest BCUT2D eigenvalue weighted by molar-refractivity contribution is -0.383. The predicted octanol–water partition coefficient (Wildman–Crippen LogP) is 4.23. The Balaban J connectivity index is 1.78. The van der Waals surface area contributed by atoms with E-state index in [9.17, 15) is 28.1 Å². The number of hydrogen-bond acceptors (Lipinski definition) is 8. The Bertz CT molecular complexity index is 1530. The van der Waals surface area contributed by atoms with Gasteiger partial charge in [0.05, 0.1) is 22.6 Å². The molecular weight excluding hydrogens is 514 g/mol.